The Bertz CT molecular complexity index is 498. The van der Waals surface area contributed by atoms with Gasteiger partial charge in [-0.3, -0.25) is 0 Å². The lowest BCUT2D eigenvalue weighted by Crippen LogP contribution is -2.14. The van der Waals surface area contributed by atoms with Gasteiger partial charge in [0.1, 0.15) is 0 Å². The van der Waals surface area contributed by atoms with E-state index in [4.69, 9.17) is 11.6 Å². The Kier molecular flexibility index (Phi) is 4.05. The summed E-state index contributed by atoms with van der Waals surface area (Å²) in [6.45, 7) is 2.11. The molecule has 0 spiro atoms. The second kappa shape index (κ2) is 5.54. The Balaban J connectivity index is 2.19. The van der Waals surface area contributed by atoms with Crippen molar-refractivity contribution in [3.8, 4) is 0 Å². The second-order valence-electron chi connectivity index (χ2n) is 3.86. The molecule has 2 nitrogen and oxygen atoms in total. The van der Waals surface area contributed by atoms with E-state index in [1.54, 1.807) is 11.3 Å². The molecule has 90 valence electrons. The fourth-order valence-corrected chi connectivity index (χ4v) is 2.88. The zero-order chi connectivity index (χ0) is 12.3. The minimum Gasteiger partial charge on any atom is -0.394 e. The molecule has 0 radical (unpaired) electrons. The van der Waals surface area contributed by atoms with Gasteiger partial charge in [0, 0.05) is 15.6 Å². The predicted molar refractivity (Wildman–Crippen MR) is 74.0 cm³/mol. The lowest BCUT2D eigenvalue weighted by atomic mass is 10.1. The molecule has 2 rings (SSSR count). The highest BCUT2D eigenvalue weighted by Gasteiger charge is 2.13. The van der Waals surface area contributed by atoms with E-state index < -0.39 is 0 Å². The van der Waals surface area contributed by atoms with E-state index in [1.165, 1.54) is 5.56 Å². The van der Waals surface area contributed by atoms with Crippen LogP contribution in [0, 0.1) is 6.92 Å². The van der Waals surface area contributed by atoms with Crippen molar-refractivity contribution in [2.75, 3.05) is 11.9 Å². The molecule has 17 heavy (non-hydrogen) atoms. The summed E-state index contributed by atoms with van der Waals surface area (Å²) < 4.78 is 0. The van der Waals surface area contributed by atoms with Crippen LogP contribution in [0.25, 0.3) is 0 Å². The molecular weight excluding hydrogens is 254 g/mol. The van der Waals surface area contributed by atoms with E-state index in [0.717, 1.165) is 10.6 Å². The Hall–Kier alpha value is -1.03. The van der Waals surface area contributed by atoms with Crippen LogP contribution >= 0.6 is 22.9 Å². The lowest BCUT2D eigenvalue weighted by Gasteiger charge is -2.17. The predicted octanol–water partition coefficient (Wildman–Crippen LogP) is 3.86. The fourth-order valence-electron chi connectivity index (χ4n) is 1.71. The highest BCUT2D eigenvalue weighted by molar-refractivity contribution is 7.10. The van der Waals surface area contributed by atoms with Gasteiger partial charge in [-0.2, -0.15) is 0 Å². The first-order valence-corrected chi connectivity index (χ1v) is 6.63. The van der Waals surface area contributed by atoms with Gasteiger partial charge in [0.15, 0.2) is 0 Å². The molecule has 0 saturated heterocycles. The summed E-state index contributed by atoms with van der Waals surface area (Å²) in [6, 6.07) is 9.50. The van der Waals surface area contributed by atoms with Gasteiger partial charge in [-0.25, -0.2) is 0 Å². The maximum atomic E-state index is 9.46. The minimum absolute atomic E-state index is 0.0634. The van der Waals surface area contributed by atoms with Crippen LogP contribution in [0.1, 0.15) is 16.5 Å². The van der Waals surface area contributed by atoms with Crippen LogP contribution in [-0.2, 0) is 0 Å². The molecular formula is C13H14ClNOS. The molecule has 0 aliphatic carbocycles. The first-order valence-electron chi connectivity index (χ1n) is 5.37. The van der Waals surface area contributed by atoms with Gasteiger partial charge < -0.3 is 10.4 Å². The summed E-state index contributed by atoms with van der Waals surface area (Å²) in [5.41, 5.74) is 2.12. The summed E-state index contributed by atoms with van der Waals surface area (Å²) >= 11 is 7.58. The van der Waals surface area contributed by atoms with Crippen molar-refractivity contribution in [2.24, 2.45) is 0 Å². The molecule has 0 aliphatic rings. The Morgan fingerprint density at radius 2 is 2.24 bits per heavy atom. The monoisotopic (exact) mass is 267 g/mol. The minimum atomic E-state index is -0.0755. The number of halogens is 1. The third-order valence-electron chi connectivity index (χ3n) is 2.57. The number of rotatable bonds is 4. The molecule has 2 N–H and O–H groups in total. The summed E-state index contributed by atoms with van der Waals surface area (Å²) in [5, 5.41) is 15.5. The summed E-state index contributed by atoms with van der Waals surface area (Å²) in [4.78, 5) is 1.16. The highest BCUT2D eigenvalue weighted by atomic mass is 35.5. The Morgan fingerprint density at radius 3 is 2.82 bits per heavy atom. The van der Waals surface area contributed by atoms with E-state index in [1.807, 2.05) is 36.6 Å². The van der Waals surface area contributed by atoms with Crippen molar-refractivity contribution in [1.29, 1.82) is 0 Å². The first-order chi connectivity index (χ1) is 8.20. The molecule has 1 unspecified atom stereocenters. The quantitative estimate of drug-likeness (QED) is 0.882. The number of hydrogen-bond donors (Lipinski definition) is 2. The third kappa shape index (κ3) is 3.00. The van der Waals surface area contributed by atoms with E-state index in [-0.39, 0.29) is 12.6 Å². The normalized spacial score (nSPS) is 12.4. The number of nitrogens with one attached hydrogen (secondary N) is 1. The number of aryl methyl sites for hydroxylation is 1. The van der Waals surface area contributed by atoms with Crippen LogP contribution in [0.4, 0.5) is 5.69 Å². The molecule has 1 heterocycles. The number of thiophene rings is 1. The molecule has 0 aliphatic heterocycles. The standard InChI is InChI=1S/C13H14ClNOS/c1-9-5-6-17-13(9)12(8-16)15-11-4-2-3-10(14)7-11/h2-7,12,15-16H,8H2,1H3. The van der Waals surface area contributed by atoms with E-state index in [2.05, 4.69) is 11.4 Å². The van der Waals surface area contributed by atoms with Crippen LogP contribution in [0.2, 0.25) is 5.02 Å². The first kappa shape index (κ1) is 12.4. The number of hydrogen-bond acceptors (Lipinski definition) is 3. The van der Waals surface area contributed by atoms with Crippen molar-refractivity contribution < 1.29 is 5.11 Å². The van der Waals surface area contributed by atoms with Crippen LogP contribution in [0.5, 0.6) is 0 Å². The van der Waals surface area contributed by atoms with Crippen molar-refractivity contribution in [1.82, 2.24) is 0 Å². The van der Waals surface area contributed by atoms with Crippen LogP contribution in [0.15, 0.2) is 35.7 Å². The van der Waals surface area contributed by atoms with E-state index >= 15 is 0 Å². The van der Waals surface area contributed by atoms with Crippen LogP contribution in [-0.4, -0.2) is 11.7 Å². The number of benzene rings is 1. The number of anilines is 1. The molecule has 0 bridgehead atoms. The van der Waals surface area contributed by atoms with Crippen molar-refractivity contribution in [3.63, 3.8) is 0 Å². The molecule has 0 saturated carbocycles. The van der Waals surface area contributed by atoms with Crippen LogP contribution in [0.3, 0.4) is 0 Å². The van der Waals surface area contributed by atoms with Gasteiger partial charge >= 0.3 is 0 Å². The molecule has 4 heteroatoms. The van der Waals surface area contributed by atoms with Crippen molar-refractivity contribution >= 4 is 28.6 Å². The third-order valence-corrected chi connectivity index (χ3v) is 3.93. The zero-order valence-electron chi connectivity index (χ0n) is 9.48. The highest BCUT2D eigenvalue weighted by Crippen LogP contribution is 2.27. The number of aliphatic hydroxyl groups is 1. The lowest BCUT2D eigenvalue weighted by molar-refractivity contribution is 0.277. The second-order valence-corrected chi connectivity index (χ2v) is 5.24. The average molecular weight is 268 g/mol. The summed E-state index contributed by atoms with van der Waals surface area (Å²) in [7, 11) is 0. The Morgan fingerprint density at radius 1 is 1.41 bits per heavy atom. The SMILES string of the molecule is Cc1ccsc1C(CO)Nc1cccc(Cl)c1. The van der Waals surface area contributed by atoms with Gasteiger partial charge in [0.05, 0.1) is 12.6 Å². The zero-order valence-corrected chi connectivity index (χ0v) is 11.1. The molecule has 2 aromatic rings. The smallest absolute Gasteiger partial charge is 0.0840 e. The molecule has 0 amide bonds. The van der Waals surface area contributed by atoms with Crippen molar-refractivity contribution in [2.45, 2.75) is 13.0 Å². The van der Waals surface area contributed by atoms with Crippen LogP contribution < -0.4 is 5.32 Å². The van der Waals surface area contributed by atoms with Gasteiger partial charge in [0.2, 0.25) is 0 Å². The molecule has 0 fully saturated rings. The summed E-state index contributed by atoms with van der Waals surface area (Å²) in [5.74, 6) is 0. The fraction of sp³-hybridized carbons (Fsp3) is 0.231. The molecule has 1 aromatic carbocycles. The topological polar surface area (TPSA) is 32.3 Å². The van der Waals surface area contributed by atoms with E-state index in [9.17, 15) is 5.11 Å². The van der Waals surface area contributed by atoms with E-state index in [0.29, 0.717) is 5.02 Å². The van der Waals surface area contributed by atoms with Gasteiger partial charge in [-0.15, -0.1) is 11.3 Å². The molecule has 1 atom stereocenters. The summed E-state index contributed by atoms with van der Waals surface area (Å²) in [6.07, 6.45) is 0. The Labute approximate surface area is 110 Å². The largest absolute Gasteiger partial charge is 0.394 e. The van der Waals surface area contributed by atoms with Gasteiger partial charge in [0.25, 0.3) is 0 Å². The number of aliphatic hydroxyl groups excluding tert-OH is 1. The van der Waals surface area contributed by atoms with Gasteiger partial charge in [-0.05, 0) is 42.1 Å². The van der Waals surface area contributed by atoms with Gasteiger partial charge in [-0.1, -0.05) is 17.7 Å². The maximum Gasteiger partial charge on any atom is 0.0840 e. The van der Waals surface area contributed by atoms with Crippen molar-refractivity contribution in [3.05, 3.63) is 51.2 Å². The average Bonchev–Trinajstić information content (AvgIpc) is 2.72. The maximum absolute atomic E-state index is 9.46. The molecule has 1 aromatic heterocycles.